The van der Waals surface area contributed by atoms with E-state index < -0.39 is 12.2 Å². The van der Waals surface area contributed by atoms with Gasteiger partial charge >= 0.3 is 5.97 Å². The number of hydrogen-bond donors (Lipinski definition) is 2. The number of esters is 1. The number of rotatable bonds is 12. The minimum absolute atomic E-state index is 0.121. The zero-order chi connectivity index (χ0) is 18.7. The standard InChI is InChI=1S/C19H28O5S/c1-3-4-5-7-17(22)19-14(12-13-25-19)10-11-16(21)15(20)8-6-9-18(23)24-2/h10-13,15-16,20-21H,3-9H2,1-2H3/b11-10+/t15-,16+/m0/s1. The Bertz CT molecular complexity index is 564. The second kappa shape index (κ2) is 12.0. The minimum Gasteiger partial charge on any atom is -0.469 e. The van der Waals surface area contributed by atoms with Gasteiger partial charge in [0, 0.05) is 12.8 Å². The molecule has 1 rings (SSSR count). The maximum Gasteiger partial charge on any atom is 0.305 e. The van der Waals surface area contributed by atoms with E-state index in [1.54, 1.807) is 6.08 Å². The largest absolute Gasteiger partial charge is 0.469 e. The minimum atomic E-state index is -1.04. The molecule has 1 heterocycles. The number of aliphatic hydroxyl groups is 2. The molecule has 0 bridgehead atoms. The number of hydrogen-bond acceptors (Lipinski definition) is 6. The molecule has 0 aromatic carbocycles. The summed E-state index contributed by atoms with van der Waals surface area (Å²) < 4.78 is 4.53. The summed E-state index contributed by atoms with van der Waals surface area (Å²) in [6.45, 7) is 2.10. The summed E-state index contributed by atoms with van der Waals surface area (Å²) in [5.41, 5.74) is 0.771. The predicted octanol–water partition coefficient (Wildman–Crippen LogP) is 3.59. The molecule has 0 aliphatic heterocycles. The highest BCUT2D eigenvalue weighted by Gasteiger charge is 2.15. The maximum absolute atomic E-state index is 12.2. The Labute approximate surface area is 153 Å². The van der Waals surface area contributed by atoms with Crippen molar-refractivity contribution in [2.45, 2.75) is 64.1 Å². The Morgan fingerprint density at radius 3 is 2.68 bits per heavy atom. The topological polar surface area (TPSA) is 83.8 Å². The summed E-state index contributed by atoms with van der Waals surface area (Å²) in [5, 5.41) is 21.8. The molecule has 0 amide bonds. The van der Waals surface area contributed by atoms with Crippen LogP contribution >= 0.6 is 11.3 Å². The molecule has 0 saturated carbocycles. The average Bonchev–Trinajstić information content (AvgIpc) is 3.08. The van der Waals surface area contributed by atoms with Gasteiger partial charge in [-0.25, -0.2) is 0 Å². The van der Waals surface area contributed by atoms with E-state index in [1.165, 1.54) is 24.5 Å². The molecule has 5 nitrogen and oxygen atoms in total. The van der Waals surface area contributed by atoms with Gasteiger partial charge in [-0.3, -0.25) is 9.59 Å². The molecule has 2 atom stereocenters. The Kier molecular flexibility index (Phi) is 10.3. The molecule has 2 N–H and O–H groups in total. The van der Waals surface area contributed by atoms with Crippen LogP contribution in [-0.2, 0) is 9.53 Å². The SMILES string of the molecule is CCCCCC(=O)c1sccc1/C=C/[C@@H](O)[C@@H](O)CCCC(=O)OC. The van der Waals surface area contributed by atoms with Crippen LogP contribution in [0.3, 0.4) is 0 Å². The van der Waals surface area contributed by atoms with Gasteiger partial charge in [-0.15, -0.1) is 11.3 Å². The average molecular weight is 368 g/mol. The van der Waals surface area contributed by atoms with E-state index >= 15 is 0 Å². The lowest BCUT2D eigenvalue weighted by atomic mass is 10.0. The van der Waals surface area contributed by atoms with Crippen molar-refractivity contribution in [3.63, 3.8) is 0 Å². The molecule has 0 radical (unpaired) electrons. The van der Waals surface area contributed by atoms with Crippen LogP contribution in [0.1, 0.15) is 67.1 Å². The molecule has 0 unspecified atom stereocenters. The molecule has 1 aromatic heterocycles. The lowest BCUT2D eigenvalue weighted by Crippen LogP contribution is -2.23. The van der Waals surface area contributed by atoms with Gasteiger partial charge in [0.15, 0.2) is 5.78 Å². The van der Waals surface area contributed by atoms with Crippen LogP contribution in [0.15, 0.2) is 17.5 Å². The van der Waals surface area contributed by atoms with Crippen molar-refractivity contribution in [2.75, 3.05) is 7.11 Å². The highest BCUT2D eigenvalue weighted by Crippen LogP contribution is 2.22. The van der Waals surface area contributed by atoms with E-state index in [0.717, 1.165) is 24.8 Å². The van der Waals surface area contributed by atoms with Gasteiger partial charge in [0.1, 0.15) is 0 Å². The van der Waals surface area contributed by atoms with E-state index in [0.29, 0.717) is 24.1 Å². The molecule has 0 aliphatic rings. The lowest BCUT2D eigenvalue weighted by molar-refractivity contribution is -0.140. The van der Waals surface area contributed by atoms with Crippen LogP contribution in [0.4, 0.5) is 0 Å². The van der Waals surface area contributed by atoms with Gasteiger partial charge in [0.25, 0.3) is 0 Å². The molecule has 1 aromatic rings. The normalized spacial score (nSPS) is 13.8. The van der Waals surface area contributed by atoms with E-state index in [-0.39, 0.29) is 18.2 Å². The summed E-state index contributed by atoms with van der Waals surface area (Å²) >= 11 is 1.40. The second-order valence-corrected chi connectivity index (χ2v) is 6.89. The van der Waals surface area contributed by atoms with Crippen LogP contribution in [0.25, 0.3) is 6.08 Å². The van der Waals surface area contributed by atoms with Crippen molar-refractivity contribution in [1.29, 1.82) is 0 Å². The summed E-state index contributed by atoms with van der Waals surface area (Å²) in [6.07, 6.45) is 5.67. The number of unbranched alkanes of at least 4 members (excludes halogenated alkanes) is 2. The van der Waals surface area contributed by atoms with Gasteiger partial charge in [-0.05, 0) is 36.3 Å². The third kappa shape index (κ3) is 7.94. The highest BCUT2D eigenvalue weighted by atomic mass is 32.1. The maximum atomic E-state index is 12.2. The van der Waals surface area contributed by atoms with E-state index in [4.69, 9.17) is 0 Å². The molecule has 0 saturated heterocycles. The number of ketones is 1. The van der Waals surface area contributed by atoms with Crippen molar-refractivity contribution in [1.82, 2.24) is 0 Å². The summed E-state index contributed by atoms with van der Waals surface area (Å²) in [7, 11) is 1.32. The smallest absolute Gasteiger partial charge is 0.305 e. The van der Waals surface area contributed by atoms with Crippen molar-refractivity contribution < 1.29 is 24.5 Å². The Balaban J connectivity index is 2.53. The van der Waals surface area contributed by atoms with Gasteiger partial charge in [-0.1, -0.05) is 31.9 Å². The van der Waals surface area contributed by atoms with Gasteiger partial charge in [0.05, 0.1) is 24.2 Å². The monoisotopic (exact) mass is 368 g/mol. The summed E-state index contributed by atoms with van der Waals surface area (Å²) in [4.78, 5) is 24.0. The zero-order valence-electron chi connectivity index (χ0n) is 14.9. The first kappa shape index (κ1) is 21.5. The number of Topliss-reactive ketones (excluding diaryl/α,β-unsaturated/α-hetero) is 1. The lowest BCUT2D eigenvalue weighted by Gasteiger charge is -2.14. The van der Waals surface area contributed by atoms with Crippen LogP contribution in [0.5, 0.6) is 0 Å². The van der Waals surface area contributed by atoms with Crippen molar-refractivity contribution >= 4 is 29.2 Å². The molecule has 0 fully saturated rings. The molecule has 6 heteroatoms. The van der Waals surface area contributed by atoms with Crippen molar-refractivity contribution in [3.8, 4) is 0 Å². The molecular weight excluding hydrogens is 340 g/mol. The predicted molar refractivity (Wildman–Crippen MR) is 99.7 cm³/mol. The molecule has 140 valence electrons. The van der Waals surface area contributed by atoms with Gasteiger partial charge in [-0.2, -0.15) is 0 Å². The van der Waals surface area contributed by atoms with E-state index in [2.05, 4.69) is 11.7 Å². The fourth-order valence-corrected chi connectivity index (χ4v) is 3.24. The van der Waals surface area contributed by atoms with Crippen molar-refractivity contribution in [2.24, 2.45) is 0 Å². The van der Waals surface area contributed by atoms with E-state index in [1.807, 2.05) is 11.4 Å². The fourth-order valence-electron chi connectivity index (χ4n) is 2.39. The Morgan fingerprint density at radius 2 is 2.00 bits per heavy atom. The first-order valence-corrected chi connectivity index (χ1v) is 9.59. The first-order chi connectivity index (χ1) is 12.0. The van der Waals surface area contributed by atoms with Gasteiger partial charge < -0.3 is 14.9 Å². The quantitative estimate of drug-likeness (QED) is 0.335. The molecule has 0 aliphatic carbocycles. The van der Waals surface area contributed by atoms with Crippen LogP contribution in [0, 0.1) is 0 Å². The first-order valence-electron chi connectivity index (χ1n) is 8.71. The molecule has 0 spiro atoms. The highest BCUT2D eigenvalue weighted by molar-refractivity contribution is 7.12. The number of carbonyl (C=O) groups is 2. The van der Waals surface area contributed by atoms with Gasteiger partial charge in [0.2, 0.25) is 0 Å². The van der Waals surface area contributed by atoms with E-state index in [9.17, 15) is 19.8 Å². The molecule has 25 heavy (non-hydrogen) atoms. The van der Waals surface area contributed by atoms with Crippen LogP contribution < -0.4 is 0 Å². The third-order valence-corrected chi connectivity index (χ3v) is 4.90. The number of thiophene rings is 1. The number of methoxy groups -OCH3 is 1. The molecular formula is C19H28O5S. The summed E-state index contributed by atoms with van der Waals surface area (Å²) in [6, 6.07) is 1.84. The fraction of sp³-hybridized carbons (Fsp3) is 0.579. The third-order valence-electron chi connectivity index (χ3n) is 3.93. The number of aliphatic hydroxyl groups excluding tert-OH is 2. The number of ether oxygens (including phenoxy) is 1. The summed E-state index contributed by atoms with van der Waals surface area (Å²) in [5.74, 6) is -0.210. The Hall–Kier alpha value is -1.50. The van der Waals surface area contributed by atoms with Crippen molar-refractivity contribution in [3.05, 3.63) is 28.0 Å². The van der Waals surface area contributed by atoms with Crippen LogP contribution in [-0.4, -0.2) is 41.3 Å². The van der Waals surface area contributed by atoms with Crippen LogP contribution in [0.2, 0.25) is 0 Å². The number of carbonyl (C=O) groups excluding carboxylic acids is 2. The Morgan fingerprint density at radius 1 is 1.24 bits per heavy atom. The second-order valence-electron chi connectivity index (χ2n) is 5.97. The zero-order valence-corrected chi connectivity index (χ0v) is 15.8.